The van der Waals surface area contributed by atoms with E-state index >= 15 is 0 Å². The number of carbonyl (C=O) groups is 1. The molecule has 0 aliphatic heterocycles. The first-order chi connectivity index (χ1) is 13.1. The standard InChI is InChI=1S/C19H20ClN5OS/c1-3-13(2)22-17(26)12-27-19-24-23-18(14-5-4-10-21-11-14)25(19)16-8-6-15(20)7-9-16/h4-11,13H,3,12H2,1-2H3,(H,22,26)/t13-/m1/s1. The van der Waals surface area contributed by atoms with Gasteiger partial charge in [0.25, 0.3) is 0 Å². The van der Waals surface area contributed by atoms with Crippen LogP contribution >= 0.6 is 23.4 Å². The van der Waals surface area contributed by atoms with Crippen molar-refractivity contribution in [2.24, 2.45) is 0 Å². The fourth-order valence-corrected chi connectivity index (χ4v) is 3.31. The van der Waals surface area contributed by atoms with E-state index in [0.717, 1.165) is 17.7 Å². The van der Waals surface area contributed by atoms with Crippen molar-refractivity contribution in [1.82, 2.24) is 25.1 Å². The minimum Gasteiger partial charge on any atom is -0.353 e. The van der Waals surface area contributed by atoms with Crippen LogP contribution in [0.4, 0.5) is 0 Å². The lowest BCUT2D eigenvalue weighted by molar-refractivity contribution is -0.119. The molecule has 140 valence electrons. The Morgan fingerprint density at radius 2 is 2.04 bits per heavy atom. The molecular formula is C19H20ClN5OS. The van der Waals surface area contributed by atoms with Crippen LogP contribution in [0.2, 0.25) is 5.02 Å². The Labute approximate surface area is 167 Å². The quantitative estimate of drug-likeness (QED) is 0.606. The van der Waals surface area contributed by atoms with E-state index in [0.29, 0.717) is 16.0 Å². The summed E-state index contributed by atoms with van der Waals surface area (Å²) in [4.78, 5) is 16.3. The number of hydrogen-bond acceptors (Lipinski definition) is 5. The molecule has 8 heteroatoms. The third-order valence-electron chi connectivity index (χ3n) is 3.99. The summed E-state index contributed by atoms with van der Waals surface area (Å²) in [5, 5.41) is 12.9. The van der Waals surface area contributed by atoms with Crippen LogP contribution in [-0.2, 0) is 4.79 Å². The van der Waals surface area contributed by atoms with Crippen molar-refractivity contribution >= 4 is 29.3 Å². The lowest BCUT2D eigenvalue weighted by Crippen LogP contribution is -2.33. The van der Waals surface area contributed by atoms with E-state index in [1.807, 2.05) is 54.8 Å². The molecule has 27 heavy (non-hydrogen) atoms. The summed E-state index contributed by atoms with van der Waals surface area (Å²) in [5.74, 6) is 0.904. The van der Waals surface area contributed by atoms with Crippen LogP contribution in [-0.4, -0.2) is 37.5 Å². The van der Waals surface area contributed by atoms with Gasteiger partial charge in [0.05, 0.1) is 5.75 Å². The maximum absolute atomic E-state index is 12.1. The smallest absolute Gasteiger partial charge is 0.230 e. The summed E-state index contributed by atoms with van der Waals surface area (Å²) in [6.45, 7) is 4.02. The minimum absolute atomic E-state index is 0.0251. The number of benzene rings is 1. The highest BCUT2D eigenvalue weighted by Gasteiger charge is 2.17. The lowest BCUT2D eigenvalue weighted by atomic mass is 10.2. The van der Waals surface area contributed by atoms with E-state index in [9.17, 15) is 4.79 Å². The molecule has 2 heterocycles. The van der Waals surface area contributed by atoms with E-state index in [1.54, 1.807) is 12.4 Å². The Morgan fingerprint density at radius 1 is 1.26 bits per heavy atom. The minimum atomic E-state index is -0.0251. The molecule has 1 N–H and O–H groups in total. The molecule has 0 fully saturated rings. The predicted molar refractivity (Wildman–Crippen MR) is 108 cm³/mol. The van der Waals surface area contributed by atoms with Crippen LogP contribution in [0.15, 0.2) is 53.9 Å². The van der Waals surface area contributed by atoms with Gasteiger partial charge in [-0.3, -0.25) is 14.3 Å². The average molecular weight is 402 g/mol. The van der Waals surface area contributed by atoms with E-state index in [2.05, 4.69) is 20.5 Å². The molecule has 0 unspecified atom stereocenters. The second-order valence-electron chi connectivity index (χ2n) is 6.03. The van der Waals surface area contributed by atoms with Gasteiger partial charge >= 0.3 is 0 Å². The lowest BCUT2D eigenvalue weighted by Gasteiger charge is -2.12. The first-order valence-corrected chi connectivity index (χ1v) is 9.98. The Kier molecular flexibility index (Phi) is 6.47. The normalized spacial score (nSPS) is 12.0. The molecule has 2 aromatic heterocycles. The molecule has 1 amide bonds. The number of carbonyl (C=O) groups excluding carboxylic acids is 1. The molecule has 3 rings (SSSR count). The molecule has 1 aromatic carbocycles. The molecule has 0 spiro atoms. The van der Waals surface area contributed by atoms with E-state index < -0.39 is 0 Å². The van der Waals surface area contributed by atoms with Crippen LogP contribution in [0.1, 0.15) is 20.3 Å². The SMILES string of the molecule is CC[C@@H](C)NC(=O)CSc1nnc(-c2cccnc2)n1-c1ccc(Cl)cc1. The van der Waals surface area contributed by atoms with Gasteiger partial charge in [0, 0.05) is 34.7 Å². The number of rotatable bonds is 7. The van der Waals surface area contributed by atoms with Crippen LogP contribution in [0, 0.1) is 0 Å². The highest BCUT2D eigenvalue weighted by atomic mass is 35.5. The van der Waals surface area contributed by atoms with Gasteiger partial charge < -0.3 is 5.32 Å². The highest BCUT2D eigenvalue weighted by molar-refractivity contribution is 7.99. The summed E-state index contributed by atoms with van der Waals surface area (Å²) >= 11 is 7.37. The van der Waals surface area contributed by atoms with Crippen molar-refractivity contribution in [1.29, 1.82) is 0 Å². The number of aromatic nitrogens is 4. The van der Waals surface area contributed by atoms with Crippen molar-refractivity contribution in [2.45, 2.75) is 31.5 Å². The summed E-state index contributed by atoms with van der Waals surface area (Å²) in [6.07, 6.45) is 4.34. The van der Waals surface area contributed by atoms with Gasteiger partial charge in [0.1, 0.15) is 0 Å². The Balaban J connectivity index is 1.91. The van der Waals surface area contributed by atoms with Crippen LogP contribution < -0.4 is 5.32 Å². The highest BCUT2D eigenvalue weighted by Crippen LogP contribution is 2.28. The van der Waals surface area contributed by atoms with Crippen LogP contribution in [0.5, 0.6) is 0 Å². The van der Waals surface area contributed by atoms with Crippen LogP contribution in [0.3, 0.4) is 0 Å². The number of nitrogens with one attached hydrogen (secondary N) is 1. The summed E-state index contributed by atoms with van der Waals surface area (Å²) in [6, 6.07) is 11.3. The van der Waals surface area contributed by atoms with Crippen molar-refractivity contribution in [2.75, 3.05) is 5.75 Å². The zero-order chi connectivity index (χ0) is 19.2. The summed E-state index contributed by atoms with van der Waals surface area (Å²) in [5.41, 5.74) is 1.71. The maximum atomic E-state index is 12.1. The number of halogens is 1. The second kappa shape index (κ2) is 9.01. The van der Waals surface area contributed by atoms with Gasteiger partial charge in [0.2, 0.25) is 5.91 Å². The Bertz CT molecular complexity index is 898. The van der Waals surface area contributed by atoms with Gasteiger partial charge in [-0.15, -0.1) is 10.2 Å². The number of thioether (sulfide) groups is 1. The van der Waals surface area contributed by atoms with Crippen LogP contribution in [0.25, 0.3) is 17.1 Å². The van der Waals surface area contributed by atoms with E-state index in [-0.39, 0.29) is 17.7 Å². The molecule has 0 bridgehead atoms. The number of amides is 1. The topological polar surface area (TPSA) is 72.7 Å². The fraction of sp³-hybridized carbons (Fsp3) is 0.263. The fourth-order valence-electron chi connectivity index (χ4n) is 2.42. The summed E-state index contributed by atoms with van der Waals surface area (Å²) < 4.78 is 1.91. The van der Waals surface area contributed by atoms with Gasteiger partial charge in [-0.2, -0.15) is 0 Å². The monoisotopic (exact) mass is 401 g/mol. The largest absolute Gasteiger partial charge is 0.353 e. The van der Waals surface area contributed by atoms with Gasteiger partial charge in [-0.25, -0.2) is 0 Å². The van der Waals surface area contributed by atoms with E-state index in [4.69, 9.17) is 11.6 Å². The number of pyridine rings is 1. The third kappa shape index (κ3) is 4.87. The van der Waals surface area contributed by atoms with Crippen molar-refractivity contribution in [3.63, 3.8) is 0 Å². The number of hydrogen-bond donors (Lipinski definition) is 1. The maximum Gasteiger partial charge on any atom is 0.230 e. The molecule has 0 aliphatic carbocycles. The molecule has 1 atom stereocenters. The molecule has 0 aliphatic rings. The van der Waals surface area contributed by atoms with Gasteiger partial charge in [-0.1, -0.05) is 30.3 Å². The number of nitrogens with zero attached hydrogens (tertiary/aromatic N) is 4. The van der Waals surface area contributed by atoms with Gasteiger partial charge in [0.15, 0.2) is 11.0 Å². The molecule has 6 nitrogen and oxygen atoms in total. The first kappa shape index (κ1) is 19.4. The average Bonchev–Trinajstić information content (AvgIpc) is 3.11. The Hall–Kier alpha value is -2.38. The van der Waals surface area contributed by atoms with Crippen molar-refractivity contribution in [3.05, 3.63) is 53.8 Å². The molecule has 0 radical (unpaired) electrons. The molecule has 0 saturated carbocycles. The van der Waals surface area contributed by atoms with Gasteiger partial charge in [-0.05, 0) is 49.7 Å². The molecule has 3 aromatic rings. The van der Waals surface area contributed by atoms with E-state index in [1.165, 1.54) is 11.8 Å². The first-order valence-electron chi connectivity index (χ1n) is 8.62. The molecule has 0 saturated heterocycles. The zero-order valence-electron chi connectivity index (χ0n) is 15.1. The second-order valence-corrected chi connectivity index (χ2v) is 7.40. The zero-order valence-corrected chi connectivity index (χ0v) is 16.7. The van der Waals surface area contributed by atoms with Crippen molar-refractivity contribution in [3.8, 4) is 17.1 Å². The molecular weight excluding hydrogens is 382 g/mol. The Morgan fingerprint density at radius 3 is 2.70 bits per heavy atom. The predicted octanol–water partition coefficient (Wildman–Crippen LogP) is 3.99. The van der Waals surface area contributed by atoms with Crippen molar-refractivity contribution < 1.29 is 4.79 Å². The summed E-state index contributed by atoms with van der Waals surface area (Å²) in [7, 11) is 0. The third-order valence-corrected chi connectivity index (χ3v) is 5.17.